The van der Waals surface area contributed by atoms with Crippen molar-refractivity contribution in [2.45, 2.75) is 45.1 Å². The van der Waals surface area contributed by atoms with Crippen LogP contribution < -0.4 is 10.7 Å². The lowest BCUT2D eigenvalue weighted by molar-refractivity contribution is 0.0889. The molecule has 1 aromatic carbocycles. The first-order chi connectivity index (χ1) is 11.1. The first-order valence-corrected chi connectivity index (χ1v) is 8.09. The zero-order valence-electron chi connectivity index (χ0n) is 13.1. The van der Waals surface area contributed by atoms with Crippen molar-refractivity contribution < 1.29 is 9.18 Å². The highest BCUT2D eigenvalue weighted by Crippen LogP contribution is 2.31. The van der Waals surface area contributed by atoms with Gasteiger partial charge in [-0.15, -0.1) is 0 Å². The SMILES string of the molecule is CCCC(NC(=O)c1n[nH]c2c(F)cccc2c1=O)C1CCC1. The predicted molar refractivity (Wildman–Crippen MR) is 85.8 cm³/mol. The van der Waals surface area contributed by atoms with Crippen LogP contribution in [0.3, 0.4) is 0 Å². The molecule has 2 aromatic rings. The van der Waals surface area contributed by atoms with Gasteiger partial charge in [0, 0.05) is 6.04 Å². The minimum Gasteiger partial charge on any atom is -0.348 e. The number of nitrogens with zero attached hydrogens (tertiary/aromatic N) is 1. The Morgan fingerprint density at radius 3 is 2.91 bits per heavy atom. The Hall–Kier alpha value is -2.24. The van der Waals surface area contributed by atoms with Gasteiger partial charge in [-0.25, -0.2) is 4.39 Å². The molecule has 1 atom stereocenters. The summed E-state index contributed by atoms with van der Waals surface area (Å²) in [5.41, 5.74) is -0.721. The number of rotatable bonds is 5. The molecule has 1 amide bonds. The van der Waals surface area contributed by atoms with E-state index in [1.54, 1.807) is 0 Å². The topological polar surface area (TPSA) is 74.8 Å². The Balaban J connectivity index is 1.88. The standard InChI is InChI=1S/C17H20FN3O2/c1-2-5-13(10-6-3-7-10)19-17(23)15-16(22)11-8-4-9-12(18)14(11)20-21-15/h4,8-10,13H,2-3,5-7H2,1H3,(H,19,23)(H,20,22). The average Bonchev–Trinajstić information content (AvgIpc) is 2.47. The molecule has 0 aliphatic heterocycles. The van der Waals surface area contributed by atoms with Gasteiger partial charge in [0.2, 0.25) is 5.43 Å². The van der Waals surface area contributed by atoms with Gasteiger partial charge in [0.1, 0.15) is 11.3 Å². The minimum atomic E-state index is -0.558. The quantitative estimate of drug-likeness (QED) is 0.890. The third-order valence-electron chi connectivity index (χ3n) is 4.60. The third kappa shape index (κ3) is 2.98. The molecule has 23 heavy (non-hydrogen) atoms. The number of carbonyl (C=O) groups is 1. The fourth-order valence-electron chi connectivity index (χ4n) is 3.09. The van der Waals surface area contributed by atoms with E-state index in [4.69, 9.17) is 0 Å². The maximum Gasteiger partial charge on any atom is 0.276 e. The van der Waals surface area contributed by atoms with Crippen molar-refractivity contribution in [2.75, 3.05) is 0 Å². The molecule has 122 valence electrons. The molecule has 1 unspecified atom stereocenters. The number of nitrogens with one attached hydrogen (secondary N) is 2. The molecule has 1 saturated carbocycles. The number of amides is 1. The largest absolute Gasteiger partial charge is 0.348 e. The maximum absolute atomic E-state index is 13.7. The molecule has 1 aromatic heterocycles. The Bertz CT molecular complexity index is 783. The lowest BCUT2D eigenvalue weighted by Gasteiger charge is -2.34. The fraction of sp³-hybridized carbons (Fsp3) is 0.471. The van der Waals surface area contributed by atoms with E-state index < -0.39 is 17.2 Å². The van der Waals surface area contributed by atoms with Crippen molar-refractivity contribution in [1.82, 2.24) is 15.5 Å². The number of aromatic nitrogens is 2. The molecule has 2 N–H and O–H groups in total. The molecule has 6 heteroatoms. The van der Waals surface area contributed by atoms with Gasteiger partial charge in [-0.05, 0) is 37.3 Å². The summed E-state index contributed by atoms with van der Waals surface area (Å²) < 4.78 is 13.7. The zero-order chi connectivity index (χ0) is 16.4. The number of para-hydroxylation sites is 1. The van der Waals surface area contributed by atoms with Crippen LogP contribution in [-0.2, 0) is 0 Å². The zero-order valence-corrected chi connectivity index (χ0v) is 13.1. The summed E-state index contributed by atoms with van der Waals surface area (Å²) >= 11 is 0. The van der Waals surface area contributed by atoms with E-state index >= 15 is 0 Å². The molecular formula is C17H20FN3O2. The molecule has 1 heterocycles. The second-order valence-electron chi connectivity index (χ2n) is 6.12. The maximum atomic E-state index is 13.7. The summed E-state index contributed by atoms with van der Waals surface area (Å²) in [5, 5.41) is 9.36. The second-order valence-corrected chi connectivity index (χ2v) is 6.12. The van der Waals surface area contributed by atoms with E-state index in [2.05, 4.69) is 22.4 Å². The van der Waals surface area contributed by atoms with Gasteiger partial charge in [-0.1, -0.05) is 25.8 Å². The first-order valence-electron chi connectivity index (χ1n) is 8.09. The van der Waals surface area contributed by atoms with Gasteiger partial charge < -0.3 is 5.32 Å². The summed E-state index contributed by atoms with van der Waals surface area (Å²) in [7, 11) is 0. The van der Waals surface area contributed by atoms with Gasteiger partial charge in [0.25, 0.3) is 5.91 Å². The molecule has 3 rings (SSSR count). The highest BCUT2D eigenvalue weighted by molar-refractivity contribution is 5.95. The van der Waals surface area contributed by atoms with Crippen LogP contribution in [0, 0.1) is 11.7 Å². The molecule has 0 radical (unpaired) electrons. The minimum absolute atomic E-state index is 0.0261. The monoisotopic (exact) mass is 317 g/mol. The van der Waals surface area contributed by atoms with Gasteiger partial charge >= 0.3 is 0 Å². The number of carbonyl (C=O) groups excluding carboxylic acids is 1. The smallest absolute Gasteiger partial charge is 0.276 e. The average molecular weight is 317 g/mol. The molecule has 0 bridgehead atoms. The number of fused-ring (bicyclic) bond motifs is 1. The van der Waals surface area contributed by atoms with Gasteiger partial charge in [0.05, 0.1) is 5.39 Å². The van der Waals surface area contributed by atoms with Crippen molar-refractivity contribution in [3.8, 4) is 0 Å². The Morgan fingerprint density at radius 1 is 1.48 bits per heavy atom. The van der Waals surface area contributed by atoms with Crippen LogP contribution in [0.5, 0.6) is 0 Å². The van der Waals surface area contributed by atoms with Gasteiger partial charge in [0.15, 0.2) is 5.69 Å². The third-order valence-corrected chi connectivity index (χ3v) is 4.60. The summed E-state index contributed by atoms with van der Waals surface area (Å²) in [5.74, 6) is -0.559. The molecular weight excluding hydrogens is 297 g/mol. The van der Waals surface area contributed by atoms with Crippen LogP contribution in [0.15, 0.2) is 23.0 Å². The van der Waals surface area contributed by atoms with E-state index in [0.29, 0.717) is 5.92 Å². The van der Waals surface area contributed by atoms with Crippen molar-refractivity contribution in [2.24, 2.45) is 5.92 Å². The van der Waals surface area contributed by atoms with Crippen LogP contribution >= 0.6 is 0 Å². The Morgan fingerprint density at radius 2 is 2.26 bits per heavy atom. The number of hydrogen-bond acceptors (Lipinski definition) is 3. The molecule has 5 nitrogen and oxygen atoms in total. The van der Waals surface area contributed by atoms with Crippen LogP contribution in [0.25, 0.3) is 10.9 Å². The summed E-state index contributed by atoms with van der Waals surface area (Å²) in [6.07, 6.45) is 5.26. The summed E-state index contributed by atoms with van der Waals surface area (Å²) in [6, 6.07) is 4.26. The van der Waals surface area contributed by atoms with Crippen molar-refractivity contribution in [3.63, 3.8) is 0 Å². The number of benzene rings is 1. The van der Waals surface area contributed by atoms with E-state index in [-0.39, 0.29) is 22.6 Å². The van der Waals surface area contributed by atoms with Crippen molar-refractivity contribution in [3.05, 3.63) is 39.9 Å². The van der Waals surface area contributed by atoms with Gasteiger partial charge in [-0.3, -0.25) is 14.7 Å². The van der Waals surface area contributed by atoms with Crippen LogP contribution in [0.2, 0.25) is 0 Å². The van der Waals surface area contributed by atoms with E-state index in [0.717, 1.165) is 25.7 Å². The molecule has 0 saturated heterocycles. The fourth-order valence-corrected chi connectivity index (χ4v) is 3.09. The summed E-state index contributed by atoms with van der Waals surface area (Å²) in [6.45, 7) is 2.07. The summed E-state index contributed by atoms with van der Waals surface area (Å²) in [4.78, 5) is 24.8. The van der Waals surface area contributed by atoms with E-state index in [1.165, 1.54) is 24.6 Å². The number of aromatic amines is 1. The van der Waals surface area contributed by atoms with Crippen molar-refractivity contribution >= 4 is 16.8 Å². The number of H-pyrrole nitrogens is 1. The Labute approximate surface area is 133 Å². The first kappa shape index (κ1) is 15.6. The molecule has 1 aliphatic carbocycles. The highest BCUT2D eigenvalue weighted by atomic mass is 19.1. The van der Waals surface area contributed by atoms with E-state index in [9.17, 15) is 14.0 Å². The molecule has 1 aliphatic rings. The van der Waals surface area contributed by atoms with Crippen LogP contribution in [-0.4, -0.2) is 22.1 Å². The Kier molecular flexibility index (Phi) is 4.41. The molecule has 1 fully saturated rings. The van der Waals surface area contributed by atoms with E-state index in [1.807, 2.05) is 0 Å². The van der Waals surface area contributed by atoms with Crippen molar-refractivity contribution in [1.29, 1.82) is 0 Å². The predicted octanol–water partition coefficient (Wildman–Crippen LogP) is 2.76. The lowest BCUT2D eigenvalue weighted by atomic mass is 9.78. The molecule has 0 spiro atoms. The van der Waals surface area contributed by atoms with Crippen LogP contribution in [0.1, 0.15) is 49.5 Å². The van der Waals surface area contributed by atoms with Crippen LogP contribution in [0.4, 0.5) is 4.39 Å². The highest BCUT2D eigenvalue weighted by Gasteiger charge is 2.29. The second kappa shape index (κ2) is 6.48. The van der Waals surface area contributed by atoms with Gasteiger partial charge in [-0.2, -0.15) is 5.10 Å². The lowest BCUT2D eigenvalue weighted by Crippen LogP contribution is -2.44. The normalized spacial score (nSPS) is 16.1. The number of hydrogen-bond donors (Lipinski definition) is 2. The number of halogens is 1.